The van der Waals surface area contributed by atoms with Gasteiger partial charge in [0, 0.05) is 6.07 Å². The number of hydrogen-bond acceptors (Lipinski definition) is 3. The Kier molecular flexibility index (Phi) is 4.34. The number of aromatic nitrogens is 2. The summed E-state index contributed by atoms with van der Waals surface area (Å²) in [5.41, 5.74) is 5.95. The molecule has 0 saturated carbocycles. The Morgan fingerprint density at radius 3 is 2.54 bits per heavy atom. The van der Waals surface area contributed by atoms with E-state index >= 15 is 0 Å². The summed E-state index contributed by atoms with van der Waals surface area (Å²) in [6.45, 7) is 1.83. The molecule has 124 valence electrons. The molecule has 0 saturated heterocycles. The van der Waals surface area contributed by atoms with Crippen LogP contribution in [0.1, 0.15) is 25.2 Å². The van der Waals surface area contributed by atoms with Crippen molar-refractivity contribution in [2.24, 2.45) is 5.73 Å². The van der Waals surface area contributed by atoms with Crippen LogP contribution in [-0.2, 0) is 0 Å². The first-order valence-electron chi connectivity index (χ1n) is 7.35. The van der Waals surface area contributed by atoms with E-state index in [1.54, 1.807) is 18.2 Å². The van der Waals surface area contributed by atoms with Gasteiger partial charge in [-0.1, -0.05) is 24.6 Å². The number of fused-ring (bicyclic) bond motifs is 1. The van der Waals surface area contributed by atoms with E-state index in [4.69, 9.17) is 17.3 Å². The zero-order valence-electron chi connectivity index (χ0n) is 12.8. The Balaban J connectivity index is 2.46. The largest absolute Gasteiger partial charge is 0.321 e. The van der Waals surface area contributed by atoms with Crippen LogP contribution in [0.15, 0.2) is 41.2 Å². The van der Waals surface area contributed by atoms with Gasteiger partial charge >= 0.3 is 0 Å². The molecule has 3 rings (SSSR count). The van der Waals surface area contributed by atoms with Crippen molar-refractivity contribution in [2.75, 3.05) is 0 Å². The molecular weight excluding hydrogens is 336 g/mol. The summed E-state index contributed by atoms with van der Waals surface area (Å²) >= 11 is 6.12. The molecule has 4 nitrogen and oxygen atoms in total. The van der Waals surface area contributed by atoms with Crippen LogP contribution in [0, 0.1) is 11.6 Å². The Bertz CT molecular complexity index is 967. The van der Waals surface area contributed by atoms with Crippen LogP contribution in [0.2, 0.25) is 5.02 Å². The van der Waals surface area contributed by atoms with Gasteiger partial charge in [0.2, 0.25) is 0 Å². The first kappa shape index (κ1) is 16.5. The maximum atomic E-state index is 13.6. The average molecular weight is 350 g/mol. The van der Waals surface area contributed by atoms with Gasteiger partial charge in [-0.25, -0.2) is 13.8 Å². The minimum absolute atomic E-state index is 0.0192. The average Bonchev–Trinajstić information content (AvgIpc) is 2.52. The summed E-state index contributed by atoms with van der Waals surface area (Å²) in [7, 11) is 0. The second-order valence-corrected chi connectivity index (χ2v) is 5.79. The fourth-order valence-electron chi connectivity index (χ4n) is 2.56. The zero-order valence-corrected chi connectivity index (χ0v) is 13.5. The molecule has 0 bridgehead atoms. The number of hydrogen-bond donors (Lipinski definition) is 1. The van der Waals surface area contributed by atoms with Crippen molar-refractivity contribution >= 4 is 22.5 Å². The molecule has 1 atom stereocenters. The van der Waals surface area contributed by atoms with Gasteiger partial charge in [0.15, 0.2) is 0 Å². The molecule has 2 N–H and O–H groups in total. The highest BCUT2D eigenvalue weighted by Crippen LogP contribution is 2.23. The lowest BCUT2D eigenvalue weighted by Gasteiger charge is -2.18. The van der Waals surface area contributed by atoms with Gasteiger partial charge in [0.1, 0.15) is 17.5 Å². The number of nitrogens with two attached hydrogens (primary N) is 1. The van der Waals surface area contributed by atoms with E-state index in [1.807, 2.05) is 6.92 Å². The number of halogens is 3. The van der Waals surface area contributed by atoms with Crippen molar-refractivity contribution in [3.63, 3.8) is 0 Å². The predicted molar refractivity (Wildman–Crippen MR) is 89.5 cm³/mol. The Morgan fingerprint density at radius 1 is 1.25 bits per heavy atom. The molecule has 1 heterocycles. The summed E-state index contributed by atoms with van der Waals surface area (Å²) in [5, 5.41) is 0.392. The molecule has 0 radical (unpaired) electrons. The van der Waals surface area contributed by atoms with Crippen molar-refractivity contribution in [3.8, 4) is 5.69 Å². The standard InChI is InChI=1S/C17H14ClF2N3O/c1-2-13(21)16-22-14-5-3-4-12(18)15(14)17(24)23(16)11-7-9(19)6-10(20)8-11/h3-8,13H,2,21H2,1H3/t13-/m0/s1. The van der Waals surface area contributed by atoms with Gasteiger partial charge in [0.25, 0.3) is 5.56 Å². The first-order chi connectivity index (χ1) is 11.4. The number of nitrogens with zero attached hydrogens (tertiary/aromatic N) is 2. The molecule has 24 heavy (non-hydrogen) atoms. The van der Waals surface area contributed by atoms with Crippen molar-refractivity contribution in [1.82, 2.24) is 9.55 Å². The maximum absolute atomic E-state index is 13.6. The topological polar surface area (TPSA) is 60.9 Å². The molecule has 0 aliphatic heterocycles. The van der Waals surface area contributed by atoms with Crippen LogP contribution in [0.25, 0.3) is 16.6 Å². The third-order valence-corrected chi connectivity index (χ3v) is 4.06. The molecule has 0 fully saturated rings. The summed E-state index contributed by atoms with van der Waals surface area (Å²) in [6, 6.07) is 7.14. The summed E-state index contributed by atoms with van der Waals surface area (Å²) in [4.78, 5) is 17.4. The van der Waals surface area contributed by atoms with Crippen molar-refractivity contribution in [2.45, 2.75) is 19.4 Å². The second-order valence-electron chi connectivity index (χ2n) is 5.39. The Labute approximate surface area is 141 Å². The highest BCUT2D eigenvalue weighted by molar-refractivity contribution is 6.35. The quantitative estimate of drug-likeness (QED) is 0.783. The summed E-state index contributed by atoms with van der Waals surface area (Å²) < 4.78 is 28.4. The molecule has 0 unspecified atom stereocenters. The van der Waals surface area contributed by atoms with E-state index in [0.717, 1.165) is 22.8 Å². The lowest BCUT2D eigenvalue weighted by molar-refractivity contribution is 0.576. The molecule has 0 aliphatic rings. The third kappa shape index (κ3) is 2.79. The van der Waals surface area contributed by atoms with E-state index in [9.17, 15) is 13.6 Å². The fourth-order valence-corrected chi connectivity index (χ4v) is 2.81. The SMILES string of the molecule is CC[C@H](N)c1nc2cccc(Cl)c2c(=O)n1-c1cc(F)cc(F)c1. The summed E-state index contributed by atoms with van der Waals surface area (Å²) in [5.74, 6) is -1.37. The molecule has 0 spiro atoms. The van der Waals surface area contributed by atoms with Gasteiger partial charge < -0.3 is 5.73 Å². The van der Waals surface area contributed by atoms with Crippen molar-refractivity contribution in [1.29, 1.82) is 0 Å². The molecule has 0 amide bonds. The molecular formula is C17H14ClF2N3O. The van der Waals surface area contributed by atoms with Gasteiger partial charge in [-0.15, -0.1) is 0 Å². The summed E-state index contributed by atoms with van der Waals surface area (Å²) in [6.07, 6.45) is 0.496. The van der Waals surface area contributed by atoms with Crippen LogP contribution < -0.4 is 11.3 Å². The lowest BCUT2D eigenvalue weighted by atomic mass is 10.1. The third-order valence-electron chi connectivity index (χ3n) is 3.75. The molecule has 7 heteroatoms. The van der Waals surface area contributed by atoms with Gasteiger partial charge in [0.05, 0.1) is 27.7 Å². The van der Waals surface area contributed by atoms with Crippen molar-refractivity contribution in [3.05, 3.63) is 69.2 Å². The minimum Gasteiger partial charge on any atom is -0.321 e. The molecule has 2 aromatic carbocycles. The monoisotopic (exact) mass is 349 g/mol. The van der Waals surface area contributed by atoms with Crippen LogP contribution in [0.3, 0.4) is 0 Å². The fraction of sp³-hybridized carbons (Fsp3) is 0.176. The number of rotatable bonds is 3. The Hall–Kier alpha value is -2.31. The van der Waals surface area contributed by atoms with Gasteiger partial charge in [-0.2, -0.15) is 0 Å². The molecule has 1 aromatic heterocycles. The normalized spacial score (nSPS) is 12.5. The van der Waals surface area contributed by atoms with E-state index in [0.29, 0.717) is 11.9 Å². The minimum atomic E-state index is -0.799. The van der Waals surface area contributed by atoms with Crippen LogP contribution in [0.4, 0.5) is 8.78 Å². The molecule has 3 aromatic rings. The first-order valence-corrected chi connectivity index (χ1v) is 7.73. The number of benzene rings is 2. The van der Waals surface area contributed by atoms with Gasteiger partial charge in [-0.3, -0.25) is 9.36 Å². The zero-order chi connectivity index (χ0) is 17.4. The van der Waals surface area contributed by atoms with E-state index < -0.39 is 23.2 Å². The maximum Gasteiger partial charge on any atom is 0.267 e. The van der Waals surface area contributed by atoms with E-state index in [-0.39, 0.29) is 21.9 Å². The lowest BCUT2D eigenvalue weighted by Crippen LogP contribution is -2.28. The van der Waals surface area contributed by atoms with Gasteiger partial charge in [-0.05, 0) is 30.7 Å². The highest BCUT2D eigenvalue weighted by Gasteiger charge is 2.19. The highest BCUT2D eigenvalue weighted by atomic mass is 35.5. The second kappa shape index (κ2) is 6.30. The Morgan fingerprint density at radius 2 is 1.92 bits per heavy atom. The smallest absolute Gasteiger partial charge is 0.267 e. The van der Waals surface area contributed by atoms with Crippen LogP contribution in [-0.4, -0.2) is 9.55 Å². The van der Waals surface area contributed by atoms with Crippen LogP contribution >= 0.6 is 11.6 Å². The molecule has 0 aliphatic carbocycles. The van der Waals surface area contributed by atoms with Crippen molar-refractivity contribution < 1.29 is 8.78 Å². The van der Waals surface area contributed by atoms with E-state index in [2.05, 4.69) is 4.98 Å². The predicted octanol–water partition coefficient (Wildman–Crippen LogP) is 3.73. The van der Waals surface area contributed by atoms with Crippen LogP contribution in [0.5, 0.6) is 0 Å². The van der Waals surface area contributed by atoms with E-state index in [1.165, 1.54) is 0 Å².